The van der Waals surface area contributed by atoms with Crippen LogP contribution in [0.3, 0.4) is 0 Å². The van der Waals surface area contributed by atoms with Crippen LogP contribution in [0.4, 0.5) is 0 Å². The molecule has 1 N–H and O–H groups in total. The quantitative estimate of drug-likeness (QED) is 0.880. The Morgan fingerprint density at radius 2 is 2.17 bits per heavy atom. The molecule has 0 unspecified atom stereocenters. The Kier molecular flexibility index (Phi) is 5.05. The Morgan fingerprint density at radius 1 is 1.33 bits per heavy atom. The fourth-order valence-electron chi connectivity index (χ4n) is 2.76. The van der Waals surface area contributed by atoms with Crippen LogP contribution in [0.5, 0.6) is 0 Å². The number of carbonyl (C=O) groups excluding carboxylic acids is 2. The standard InChI is InChI=1S/C15H17ClN6O2/c16-13-6-2-1-5-12(13)15(24)21-7-3-4-11(8-21)18-14(23)9-22-10-17-19-20-22/h1-2,5-6,10-11H,3-4,7-9H2,(H,18,23)/t11-/m0/s1. The summed E-state index contributed by atoms with van der Waals surface area (Å²) in [5.41, 5.74) is 0.486. The molecule has 0 radical (unpaired) electrons. The molecule has 9 heteroatoms. The van der Waals surface area contributed by atoms with Crippen molar-refractivity contribution in [1.82, 2.24) is 30.4 Å². The highest BCUT2D eigenvalue weighted by molar-refractivity contribution is 6.33. The number of aromatic nitrogens is 4. The molecular formula is C15H17ClN6O2. The van der Waals surface area contributed by atoms with E-state index < -0.39 is 0 Å². The van der Waals surface area contributed by atoms with Gasteiger partial charge in [-0.2, -0.15) is 0 Å². The molecule has 1 aromatic carbocycles. The third-order valence-corrected chi connectivity index (χ3v) is 4.20. The molecule has 126 valence electrons. The Labute approximate surface area is 143 Å². The van der Waals surface area contributed by atoms with Crippen LogP contribution in [-0.2, 0) is 11.3 Å². The summed E-state index contributed by atoms with van der Waals surface area (Å²) in [6.07, 6.45) is 3.04. The van der Waals surface area contributed by atoms with Crippen LogP contribution in [-0.4, -0.2) is 56.1 Å². The van der Waals surface area contributed by atoms with E-state index in [1.165, 1.54) is 11.0 Å². The van der Waals surface area contributed by atoms with Gasteiger partial charge < -0.3 is 10.2 Å². The molecular weight excluding hydrogens is 332 g/mol. The summed E-state index contributed by atoms with van der Waals surface area (Å²) in [6.45, 7) is 1.18. The summed E-state index contributed by atoms with van der Waals surface area (Å²) in [5.74, 6) is -0.292. The normalized spacial score (nSPS) is 17.5. The lowest BCUT2D eigenvalue weighted by molar-refractivity contribution is -0.122. The van der Waals surface area contributed by atoms with Gasteiger partial charge >= 0.3 is 0 Å². The number of piperidine rings is 1. The SMILES string of the molecule is O=C(Cn1cnnn1)N[C@H]1CCCN(C(=O)c2ccccc2Cl)C1. The number of halogens is 1. The molecule has 2 amide bonds. The van der Waals surface area contributed by atoms with E-state index in [-0.39, 0.29) is 24.4 Å². The Hall–Kier alpha value is -2.48. The average molecular weight is 349 g/mol. The first-order valence-corrected chi connectivity index (χ1v) is 8.05. The fraction of sp³-hybridized carbons (Fsp3) is 0.400. The molecule has 1 aliphatic rings. The zero-order valence-electron chi connectivity index (χ0n) is 12.9. The maximum absolute atomic E-state index is 12.6. The van der Waals surface area contributed by atoms with Crippen molar-refractivity contribution in [3.05, 3.63) is 41.2 Å². The number of carbonyl (C=O) groups is 2. The van der Waals surface area contributed by atoms with E-state index in [0.717, 1.165) is 12.8 Å². The summed E-state index contributed by atoms with van der Waals surface area (Å²) < 4.78 is 1.35. The van der Waals surface area contributed by atoms with E-state index >= 15 is 0 Å². The largest absolute Gasteiger partial charge is 0.350 e. The van der Waals surface area contributed by atoms with E-state index in [2.05, 4.69) is 20.8 Å². The maximum atomic E-state index is 12.6. The lowest BCUT2D eigenvalue weighted by Gasteiger charge is -2.33. The molecule has 1 atom stereocenters. The predicted octanol–water partition coefficient (Wildman–Crippen LogP) is 0.748. The highest BCUT2D eigenvalue weighted by atomic mass is 35.5. The highest BCUT2D eigenvalue weighted by Gasteiger charge is 2.26. The predicted molar refractivity (Wildman–Crippen MR) is 86.3 cm³/mol. The zero-order valence-corrected chi connectivity index (χ0v) is 13.7. The molecule has 2 aromatic rings. The number of nitrogens with zero attached hydrogens (tertiary/aromatic N) is 5. The van der Waals surface area contributed by atoms with Crippen LogP contribution >= 0.6 is 11.6 Å². The number of likely N-dealkylation sites (tertiary alicyclic amines) is 1. The van der Waals surface area contributed by atoms with Gasteiger partial charge in [-0.3, -0.25) is 9.59 Å². The van der Waals surface area contributed by atoms with Crippen molar-refractivity contribution in [3.8, 4) is 0 Å². The second kappa shape index (κ2) is 7.39. The van der Waals surface area contributed by atoms with E-state index in [0.29, 0.717) is 23.7 Å². The van der Waals surface area contributed by atoms with Crippen molar-refractivity contribution < 1.29 is 9.59 Å². The molecule has 24 heavy (non-hydrogen) atoms. The number of amides is 2. The maximum Gasteiger partial charge on any atom is 0.255 e. The van der Waals surface area contributed by atoms with E-state index in [4.69, 9.17) is 11.6 Å². The fourth-order valence-corrected chi connectivity index (χ4v) is 2.97. The van der Waals surface area contributed by atoms with Crippen LogP contribution in [0, 0.1) is 0 Å². The average Bonchev–Trinajstić information content (AvgIpc) is 3.07. The molecule has 1 saturated heterocycles. The van der Waals surface area contributed by atoms with E-state index in [9.17, 15) is 9.59 Å². The lowest BCUT2D eigenvalue weighted by atomic mass is 10.0. The molecule has 3 rings (SSSR count). The smallest absolute Gasteiger partial charge is 0.255 e. The van der Waals surface area contributed by atoms with Gasteiger partial charge in [-0.1, -0.05) is 23.7 Å². The molecule has 1 aromatic heterocycles. The van der Waals surface area contributed by atoms with Gasteiger partial charge in [0.2, 0.25) is 5.91 Å². The third-order valence-electron chi connectivity index (χ3n) is 3.88. The third kappa shape index (κ3) is 3.88. The zero-order chi connectivity index (χ0) is 16.9. The van der Waals surface area contributed by atoms with Gasteiger partial charge in [0.25, 0.3) is 5.91 Å². The van der Waals surface area contributed by atoms with Gasteiger partial charge in [-0.25, -0.2) is 4.68 Å². The van der Waals surface area contributed by atoms with Gasteiger partial charge in [0.05, 0.1) is 10.6 Å². The second-order valence-electron chi connectivity index (χ2n) is 5.65. The highest BCUT2D eigenvalue weighted by Crippen LogP contribution is 2.19. The number of nitrogens with one attached hydrogen (secondary N) is 1. The van der Waals surface area contributed by atoms with Crippen molar-refractivity contribution in [2.75, 3.05) is 13.1 Å². The number of hydrogen-bond acceptors (Lipinski definition) is 5. The number of tetrazole rings is 1. The summed E-state index contributed by atoms with van der Waals surface area (Å²) >= 11 is 6.10. The van der Waals surface area contributed by atoms with Gasteiger partial charge in [-0.05, 0) is 35.4 Å². The topological polar surface area (TPSA) is 93.0 Å². The first kappa shape index (κ1) is 16.4. The molecule has 0 aliphatic carbocycles. The Balaban J connectivity index is 1.59. The number of benzene rings is 1. The summed E-state index contributed by atoms with van der Waals surface area (Å²) in [4.78, 5) is 26.4. The van der Waals surface area contributed by atoms with Crippen molar-refractivity contribution in [2.24, 2.45) is 0 Å². The first-order valence-electron chi connectivity index (χ1n) is 7.67. The van der Waals surface area contributed by atoms with Gasteiger partial charge in [0.1, 0.15) is 12.9 Å². The number of rotatable bonds is 4. The lowest BCUT2D eigenvalue weighted by Crippen LogP contribution is -2.50. The van der Waals surface area contributed by atoms with Gasteiger partial charge in [0.15, 0.2) is 0 Å². The van der Waals surface area contributed by atoms with Gasteiger partial charge in [0, 0.05) is 19.1 Å². The van der Waals surface area contributed by atoms with Crippen molar-refractivity contribution in [3.63, 3.8) is 0 Å². The van der Waals surface area contributed by atoms with Gasteiger partial charge in [-0.15, -0.1) is 5.10 Å². The van der Waals surface area contributed by atoms with Crippen molar-refractivity contribution >= 4 is 23.4 Å². The summed E-state index contributed by atoms with van der Waals surface area (Å²) in [7, 11) is 0. The van der Waals surface area contributed by atoms with Crippen LogP contribution in [0.15, 0.2) is 30.6 Å². The molecule has 1 aliphatic heterocycles. The number of hydrogen-bond donors (Lipinski definition) is 1. The summed E-state index contributed by atoms with van der Waals surface area (Å²) in [5, 5.41) is 14.0. The molecule has 2 heterocycles. The van der Waals surface area contributed by atoms with Crippen LogP contribution < -0.4 is 5.32 Å². The first-order chi connectivity index (χ1) is 11.6. The minimum Gasteiger partial charge on any atom is -0.350 e. The minimum atomic E-state index is -0.181. The van der Waals surface area contributed by atoms with E-state index in [1.807, 2.05) is 0 Å². The Bertz CT molecular complexity index is 721. The second-order valence-corrected chi connectivity index (χ2v) is 6.05. The van der Waals surface area contributed by atoms with Crippen LogP contribution in [0.2, 0.25) is 5.02 Å². The monoisotopic (exact) mass is 348 g/mol. The van der Waals surface area contributed by atoms with E-state index in [1.54, 1.807) is 29.2 Å². The van der Waals surface area contributed by atoms with Crippen molar-refractivity contribution in [2.45, 2.75) is 25.4 Å². The molecule has 8 nitrogen and oxygen atoms in total. The van der Waals surface area contributed by atoms with Crippen LogP contribution in [0.25, 0.3) is 0 Å². The molecule has 1 fully saturated rings. The Morgan fingerprint density at radius 3 is 2.92 bits per heavy atom. The molecule has 0 saturated carbocycles. The molecule has 0 spiro atoms. The summed E-state index contributed by atoms with van der Waals surface area (Å²) in [6, 6.07) is 6.90. The molecule has 0 bridgehead atoms. The minimum absolute atomic E-state index is 0.0575. The van der Waals surface area contributed by atoms with Crippen molar-refractivity contribution in [1.29, 1.82) is 0 Å². The van der Waals surface area contributed by atoms with Crippen LogP contribution in [0.1, 0.15) is 23.2 Å².